The van der Waals surface area contributed by atoms with Crippen molar-refractivity contribution in [2.24, 2.45) is 0 Å². The zero-order chi connectivity index (χ0) is 41.5. The fourth-order valence-electron chi connectivity index (χ4n) is 7.56. The molecule has 4 aromatic rings. The summed E-state index contributed by atoms with van der Waals surface area (Å²) in [6.45, 7) is 12.6. The number of nitrogens with one attached hydrogen (secondary N) is 2. The number of rotatable bonds is 12. The standard InChI is InChI=1S/C48H56N4O6/c1-47(2,3)57-39-29-41(51(31-39)43(53)27-35-13-9-7-10-14-35)45(55)49-37-23-19-33(20-24-37)17-18-34-21-25-38(26-22-34)50-46(56)42-30-40(58-48(4,5)6)32-52(42)44(54)28-36-15-11-8-12-16-36/h7-26,39-42H,27-32H2,1-6H3,(H,49,55)(H,50,56)/b18-17+/t39-,40-,41+,42+/m1/s1. The maximum atomic E-state index is 13.6. The highest BCUT2D eigenvalue weighted by molar-refractivity contribution is 5.99. The van der Waals surface area contributed by atoms with E-state index in [0.717, 1.165) is 22.3 Å². The molecule has 0 saturated carbocycles. The second-order valence-corrected chi connectivity index (χ2v) is 17.2. The Labute approximate surface area is 342 Å². The predicted octanol–water partition coefficient (Wildman–Crippen LogP) is 7.79. The molecule has 2 fully saturated rings. The van der Waals surface area contributed by atoms with E-state index in [4.69, 9.17) is 9.47 Å². The van der Waals surface area contributed by atoms with E-state index in [1.807, 2.05) is 163 Å². The maximum Gasteiger partial charge on any atom is 0.247 e. The fourth-order valence-corrected chi connectivity index (χ4v) is 7.56. The van der Waals surface area contributed by atoms with Gasteiger partial charge in [0.25, 0.3) is 0 Å². The third-order valence-electron chi connectivity index (χ3n) is 10.0. The lowest BCUT2D eigenvalue weighted by molar-refractivity contribution is -0.136. The van der Waals surface area contributed by atoms with Gasteiger partial charge >= 0.3 is 0 Å². The Kier molecular flexibility index (Phi) is 13.3. The third kappa shape index (κ3) is 12.0. The summed E-state index contributed by atoms with van der Waals surface area (Å²) in [4.78, 5) is 57.4. The maximum absolute atomic E-state index is 13.6. The van der Waals surface area contributed by atoms with Gasteiger partial charge < -0.3 is 29.9 Å². The third-order valence-corrected chi connectivity index (χ3v) is 10.0. The van der Waals surface area contributed by atoms with Crippen LogP contribution in [-0.4, -0.2) is 82.0 Å². The van der Waals surface area contributed by atoms with Gasteiger partial charge in [0.15, 0.2) is 0 Å². The highest BCUT2D eigenvalue weighted by Crippen LogP contribution is 2.29. The van der Waals surface area contributed by atoms with Gasteiger partial charge in [-0.3, -0.25) is 19.2 Å². The summed E-state index contributed by atoms with van der Waals surface area (Å²) in [5, 5.41) is 6.03. The van der Waals surface area contributed by atoms with Gasteiger partial charge in [-0.1, -0.05) is 97.1 Å². The molecule has 0 bridgehead atoms. The average Bonchev–Trinajstić information content (AvgIpc) is 3.79. The lowest BCUT2D eigenvalue weighted by Crippen LogP contribution is -2.44. The molecule has 10 heteroatoms. The first-order chi connectivity index (χ1) is 27.6. The molecule has 4 aromatic carbocycles. The zero-order valence-corrected chi connectivity index (χ0v) is 34.4. The molecule has 2 aliphatic rings. The minimum atomic E-state index is -0.644. The lowest BCUT2D eigenvalue weighted by Gasteiger charge is -2.25. The van der Waals surface area contributed by atoms with Crippen LogP contribution in [0.15, 0.2) is 109 Å². The number of nitrogens with zero attached hydrogens (tertiary/aromatic N) is 2. The summed E-state index contributed by atoms with van der Waals surface area (Å²) in [7, 11) is 0. The summed E-state index contributed by atoms with van der Waals surface area (Å²) in [6, 6.07) is 32.9. The van der Waals surface area contributed by atoms with E-state index in [2.05, 4.69) is 10.6 Å². The highest BCUT2D eigenvalue weighted by atomic mass is 16.5. The first-order valence-electron chi connectivity index (χ1n) is 20.1. The van der Waals surface area contributed by atoms with Gasteiger partial charge in [-0.15, -0.1) is 0 Å². The number of anilines is 2. The molecular weight excluding hydrogens is 729 g/mol. The van der Waals surface area contributed by atoms with Crippen LogP contribution in [0, 0.1) is 0 Å². The van der Waals surface area contributed by atoms with Crippen LogP contribution in [0.1, 0.15) is 76.6 Å². The topological polar surface area (TPSA) is 117 Å². The molecule has 0 aromatic heterocycles. The van der Waals surface area contributed by atoms with Crippen molar-refractivity contribution >= 4 is 47.2 Å². The summed E-state index contributed by atoms with van der Waals surface area (Å²) >= 11 is 0. The van der Waals surface area contributed by atoms with E-state index in [-0.39, 0.29) is 48.7 Å². The number of hydrogen-bond donors (Lipinski definition) is 2. The summed E-state index contributed by atoms with van der Waals surface area (Å²) in [6.07, 6.45) is 4.74. The molecular formula is C48H56N4O6. The molecule has 4 amide bonds. The number of carbonyl (C=O) groups excluding carboxylic acids is 4. The van der Waals surface area contributed by atoms with Crippen molar-refractivity contribution in [1.82, 2.24) is 9.80 Å². The SMILES string of the molecule is CC(C)(C)O[C@@H]1C[C@@H](C(=O)Nc2ccc(/C=C/c3ccc(NC(=O)[C@@H]4C[C@@H](OC(C)(C)C)CN4C(=O)Cc4ccccc4)cc3)cc2)N(C(=O)Cc2ccccc2)C1. The molecule has 0 unspecified atom stereocenters. The number of hydrogen-bond acceptors (Lipinski definition) is 6. The summed E-state index contributed by atoms with van der Waals surface area (Å²) < 4.78 is 12.4. The van der Waals surface area contributed by atoms with E-state index >= 15 is 0 Å². The van der Waals surface area contributed by atoms with Crippen LogP contribution >= 0.6 is 0 Å². The van der Waals surface area contributed by atoms with Crippen molar-refractivity contribution in [1.29, 1.82) is 0 Å². The van der Waals surface area contributed by atoms with E-state index in [9.17, 15) is 19.2 Å². The molecule has 58 heavy (non-hydrogen) atoms. The Balaban J connectivity index is 1.04. The van der Waals surface area contributed by atoms with Crippen LogP contribution in [-0.2, 0) is 41.5 Å². The Hall–Kier alpha value is -5.58. The highest BCUT2D eigenvalue weighted by Gasteiger charge is 2.42. The van der Waals surface area contributed by atoms with Crippen molar-refractivity contribution in [3.63, 3.8) is 0 Å². The van der Waals surface area contributed by atoms with E-state index in [0.29, 0.717) is 37.3 Å². The first kappa shape index (κ1) is 42.0. The zero-order valence-electron chi connectivity index (χ0n) is 34.4. The predicted molar refractivity (Wildman–Crippen MR) is 229 cm³/mol. The first-order valence-corrected chi connectivity index (χ1v) is 20.1. The van der Waals surface area contributed by atoms with Gasteiger partial charge in [0.2, 0.25) is 23.6 Å². The lowest BCUT2D eigenvalue weighted by atomic mass is 10.1. The summed E-state index contributed by atoms with van der Waals surface area (Å²) in [5.74, 6) is -0.689. The van der Waals surface area contributed by atoms with Crippen LogP contribution < -0.4 is 10.6 Å². The number of ether oxygens (including phenoxy) is 2. The molecule has 0 spiro atoms. The molecule has 2 heterocycles. The molecule has 6 rings (SSSR count). The van der Waals surface area contributed by atoms with Crippen molar-refractivity contribution in [3.8, 4) is 0 Å². The molecule has 10 nitrogen and oxygen atoms in total. The largest absolute Gasteiger partial charge is 0.371 e. The Morgan fingerprint density at radius 3 is 1.22 bits per heavy atom. The fraction of sp³-hybridized carbons (Fsp3) is 0.375. The minimum absolute atomic E-state index is 0.103. The molecule has 0 radical (unpaired) electrons. The van der Waals surface area contributed by atoms with Crippen LogP contribution in [0.2, 0.25) is 0 Å². The Morgan fingerprint density at radius 1 is 0.552 bits per heavy atom. The number of benzene rings is 4. The van der Waals surface area contributed by atoms with Gasteiger partial charge in [-0.05, 0) is 88.1 Å². The van der Waals surface area contributed by atoms with Gasteiger partial charge in [0.05, 0.1) is 36.3 Å². The van der Waals surface area contributed by atoms with Crippen LogP contribution in [0.3, 0.4) is 0 Å². The van der Waals surface area contributed by atoms with Crippen molar-refractivity contribution in [2.45, 2.75) is 103 Å². The molecule has 2 aliphatic heterocycles. The van der Waals surface area contributed by atoms with E-state index < -0.39 is 23.3 Å². The second kappa shape index (κ2) is 18.3. The Morgan fingerprint density at radius 2 is 0.897 bits per heavy atom. The van der Waals surface area contributed by atoms with Crippen LogP contribution in [0.4, 0.5) is 11.4 Å². The molecule has 2 N–H and O–H groups in total. The molecule has 4 atom stereocenters. The van der Waals surface area contributed by atoms with Crippen molar-refractivity contribution < 1.29 is 28.7 Å². The minimum Gasteiger partial charge on any atom is -0.371 e. The number of carbonyl (C=O) groups is 4. The summed E-state index contributed by atoms with van der Waals surface area (Å²) in [5.41, 5.74) is 4.14. The average molecular weight is 785 g/mol. The van der Waals surface area contributed by atoms with Crippen LogP contribution in [0.5, 0.6) is 0 Å². The van der Waals surface area contributed by atoms with Gasteiger partial charge in [-0.25, -0.2) is 0 Å². The molecule has 304 valence electrons. The molecule has 0 aliphatic carbocycles. The monoisotopic (exact) mass is 784 g/mol. The van der Waals surface area contributed by atoms with Crippen molar-refractivity contribution in [3.05, 3.63) is 131 Å². The van der Waals surface area contributed by atoms with Crippen molar-refractivity contribution in [2.75, 3.05) is 23.7 Å². The number of amides is 4. The van der Waals surface area contributed by atoms with Gasteiger partial charge in [-0.2, -0.15) is 0 Å². The molecule has 2 saturated heterocycles. The number of likely N-dealkylation sites (tertiary alicyclic amines) is 2. The smallest absolute Gasteiger partial charge is 0.247 e. The quantitative estimate of drug-likeness (QED) is 0.142. The van der Waals surface area contributed by atoms with Gasteiger partial charge in [0, 0.05) is 37.3 Å². The second-order valence-electron chi connectivity index (χ2n) is 17.2. The van der Waals surface area contributed by atoms with E-state index in [1.165, 1.54) is 0 Å². The van der Waals surface area contributed by atoms with Crippen LogP contribution in [0.25, 0.3) is 12.2 Å². The van der Waals surface area contributed by atoms with E-state index in [1.54, 1.807) is 9.80 Å². The normalized spacial score (nSPS) is 19.7. The Bertz CT molecular complexity index is 1900. The van der Waals surface area contributed by atoms with Gasteiger partial charge in [0.1, 0.15) is 12.1 Å².